The van der Waals surface area contributed by atoms with Gasteiger partial charge in [-0.3, -0.25) is 4.90 Å². The van der Waals surface area contributed by atoms with Crippen LogP contribution in [0.3, 0.4) is 0 Å². The van der Waals surface area contributed by atoms with Crippen molar-refractivity contribution in [2.24, 2.45) is 0 Å². The van der Waals surface area contributed by atoms with Crippen molar-refractivity contribution in [2.45, 2.75) is 0 Å². The molecule has 0 aliphatic heterocycles. The van der Waals surface area contributed by atoms with Gasteiger partial charge in [-0.2, -0.15) is 0 Å². The molecule has 3 nitrogen and oxygen atoms in total. The molecule has 0 bridgehead atoms. The molecule has 0 spiro atoms. The van der Waals surface area contributed by atoms with Crippen molar-refractivity contribution in [3.05, 3.63) is 126 Å². The van der Waals surface area contributed by atoms with Crippen molar-refractivity contribution in [3.8, 4) is 22.5 Å². The van der Waals surface area contributed by atoms with Crippen LogP contribution in [0.5, 0.6) is 0 Å². The van der Waals surface area contributed by atoms with Crippen LogP contribution in [0.2, 0.25) is 0 Å². The van der Waals surface area contributed by atoms with Gasteiger partial charge in [0.25, 0.3) is 0 Å². The summed E-state index contributed by atoms with van der Waals surface area (Å²) in [6, 6.07) is 40.8. The van der Waals surface area contributed by atoms with Crippen molar-refractivity contribution < 1.29 is 0 Å². The van der Waals surface area contributed by atoms with E-state index in [0.29, 0.717) is 5.95 Å². The number of hydrogen-bond donors (Lipinski definition) is 0. The second-order valence-electron chi connectivity index (χ2n) is 7.29. The van der Waals surface area contributed by atoms with Crippen molar-refractivity contribution in [1.29, 1.82) is 0 Å². The van der Waals surface area contributed by atoms with Crippen molar-refractivity contribution in [3.63, 3.8) is 0 Å². The number of rotatable bonds is 5. The molecule has 0 atom stereocenters. The van der Waals surface area contributed by atoms with Crippen LogP contribution in [0, 0.1) is 0 Å². The summed E-state index contributed by atoms with van der Waals surface area (Å²) in [5.41, 5.74) is 5.82. The third-order valence-electron chi connectivity index (χ3n) is 5.16. The highest BCUT2D eigenvalue weighted by atomic mass is 79.9. The minimum Gasteiger partial charge on any atom is -0.278 e. The standard InChI is InChI=1S/C28H20BrN3/c29-24-18-10-11-19-27(24)32(23-16-8-3-9-17-23)28-30-25(21-12-4-1-5-13-21)20-26(31-28)22-14-6-2-7-15-22/h1-20H. The Kier molecular flexibility index (Phi) is 5.77. The SMILES string of the molecule is Brc1ccccc1N(c1ccccc1)c1nc(-c2ccccc2)cc(-c2ccccc2)n1. The van der Waals surface area contributed by atoms with Gasteiger partial charge >= 0.3 is 0 Å². The largest absolute Gasteiger partial charge is 0.278 e. The molecule has 0 unspecified atom stereocenters. The van der Waals surface area contributed by atoms with Crippen LogP contribution in [0.1, 0.15) is 0 Å². The van der Waals surface area contributed by atoms with E-state index in [-0.39, 0.29) is 0 Å². The number of aromatic nitrogens is 2. The van der Waals surface area contributed by atoms with Gasteiger partial charge in [-0.05, 0) is 46.3 Å². The maximum atomic E-state index is 5.02. The fourth-order valence-electron chi connectivity index (χ4n) is 3.62. The Labute approximate surface area is 196 Å². The first-order chi connectivity index (χ1) is 15.8. The highest BCUT2D eigenvalue weighted by molar-refractivity contribution is 9.10. The highest BCUT2D eigenvalue weighted by Crippen LogP contribution is 2.38. The van der Waals surface area contributed by atoms with Crippen LogP contribution in [0.15, 0.2) is 126 Å². The van der Waals surface area contributed by atoms with Crippen LogP contribution < -0.4 is 4.90 Å². The molecule has 0 aliphatic rings. The average molecular weight is 478 g/mol. The minimum absolute atomic E-state index is 0.614. The highest BCUT2D eigenvalue weighted by Gasteiger charge is 2.19. The van der Waals surface area contributed by atoms with E-state index in [0.717, 1.165) is 38.4 Å². The van der Waals surface area contributed by atoms with Crippen LogP contribution in [-0.2, 0) is 0 Å². The zero-order valence-electron chi connectivity index (χ0n) is 17.3. The molecular formula is C28H20BrN3. The molecule has 4 aromatic carbocycles. The third-order valence-corrected chi connectivity index (χ3v) is 5.83. The summed E-state index contributed by atoms with van der Waals surface area (Å²) >= 11 is 3.72. The molecule has 0 amide bonds. The van der Waals surface area contributed by atoms with E-state index < -0.39 is 0 Å². The molecule has 0 saturated carbocycles. The summed E-state index contributed by atoms with van der Waals surface area (Å²) in [7, 11) is 0. The molecule has 1 heterocycles. The molecule has 5 aromatic rings. The summed E-state index contributed by atoms with van der Waals surface area (Å²) < 4.78 is 0.971. The Morgan fingerprint density at radius 1 is 0.531 bits per heavy atom. The Balaban J connectivity index is 1.76. The van der Waals surface area contributed by atoms with Gasteiger partial charge < -0.3 is 0 Å². The Bertz CT molecular complexity index is 1270. The Morgan fingerprint density at radius 2 is 1.00 bits per heavy atom. The predicted octanol–water partition coefficient (Wildman–Crippen LogP) is 8.04. The summed E-state index contributed by atoms with van der Waals surface area (Å²) in [6.45, 7) is 0. The van der Waals surface area contributed by atoms with Gasteiger partial charge in [-0.1, -0.05) is 91.0 Å². The first-order valence-corrected chi connectivity index (χ1v) is 11.2. The molecule has 0 aliphatic carbocycles. The molecule has 0 fully saturated rings. The number of para-hydroxylation sites is 2. The molecule has 1 aromatic heterocycles. The minimum atomic E-state index is 0.614. The number of anilines is 3. The van der Waals surface area contributed by atoms with Crippen molar-refractivity contribution in [1.82, 2.24) is 9.97 Å². The summed E-state index contributed by atoms with van der Waals surface area (Å²) in [6.07, 6.45) is 0. The number of benzene rings is 4. The first kappa shape index (κ1) is 20.2. The molecule has 0 saturated heterocycles. The summed E-state index contributed by atoms with van der Waals surface area (Å²) in [4.78, 5) is 12.1. The third kappa shape index (κ3) is 4.18. The van der Waals surface area contributed by atoms with Crippen LogP contribution in [0.4, 0.5) is 17.3 Å². The molecule has 154 valence electrons. The predicted molar refractivity (Wildman–Crippen MR) is 135 cm³/mol. The topological polar surface area (TPSA) is 29.0 Å². The smallest absolute Gasteiger partial charge is 0.235 e. The van der Waals surface area contributed by atoms with E-state index >= 15 is 0 Å². The van der Waals surface area contributed by atoms with Gasteiger partial charge in [0.1, 0.15) is 0 Å². The van der Waals surface area contributed by atoms with Gasteiger partial charge in [0.15, 0.2) is 0 Å². The van der Waals surface area contributed by atoms with E-state index in [1.807, 2.05) is 72.8 Å². The fourth-order valence-corrected chi connectivity index (χ4v) is 4.08. The maximum absolute atomic E-state index is 5.02. The monoisotopic (exact) mass is 477 g/mol. The Morgan fingerprint density at radius 3 is 1.53 bits per heavy atom. The quantitative estimate of drug-likeness (QED) is 0.256. The van der Waals surface area contributed by atoms with Gasteiger partial charge in [-0.25, -0.2) is 9.97 Å². The summed E-state index contributed by atoms with van der Waals surface area (Å²) in [5, 5.41) is 0. The molecule has 0 N–H and O–H groups in total. The van der Waals surface area contributed by atoms with Gasteiger partial charge in [0.2, 0.25) is 5.95 Å². The lowest BCUT2D eigenvalue weighted by Gasteiger charge is -2.25. The van der Waals surface area contributed by atoms with E-state index in [1.54, 1.807) is 0 Å². The average Bonchev–Trinajstić information content (AvgIpc) is 2.87. The number of nitrogens with zero attached hydrogens (tertiary/aromatic N) is 3. The van der Waals surface area contributed by atoms with Crippen LogP contribution in [-0.4, -0.2) is 9.97 Å². The summed E-state index contributed by atoms with van der Waals surface area (Å²) in [5.74, 6) is 0.614. The van der Waals surface area contributed by atoms with E-state index in [9.17, 15) is 0 Å². The fraction of sp³-hybridized carbons (Fsp3) is 0. The van der Waals surface area contributed by atoms with Crippen LogP contribution >= 0.6 is 15.9 Å². The normalized spacial score (nSPS) is 10.7. The van der Waals surface area contributed by atoms with E-state index in [4.69, 9.17) is 9.97 Å². The molecule has 4 heteroatoms. The van der Waals surface area contributed by atoms with Gasteiger partial charge in [0.05, 0.1) is 17.1 Å². The molecule has 5 rings (SSSR count). The zero-order valence-corrected chi connectivity index (χ0v) is 18.9. The van der Waals surface area contributed by atoms with Crippen LogP contribution in [0.25, 0.3) is 22.5 Å². The lowest BCUT2D eigenvalue weighted by molar-refractivity contribution is 1.08. The van der Waals surface area contributed by atoms with E-state index in [1.165, 1.54) is 0 Å². The second kappa shape index (κ2) is 9.16. The van der Waals surface area contributed by atoms with Crippen molar-refractivity contribution >= 4 is 33.3 Å². The maximum Gasteiger partial charge on any atom is 0.235 e. The van der Waals surface area contributed by atoms with Gasteiger partial charge in [-0.15, -0.1) is 0 Å². The molecule has 0 radical (unpaired) electrons. The first-order valence-electron chi connectivity index (χ1n) is 10.4. The van der Waals surface area contributed by atoms with Gasteiger partial charge in [0, 0.05) is 21.3 Å². The second-order valence-corrected chi connectivity index (χ2v) is 8.15. The lowest BCUT2D eigenvalue weighted by atomic mass is 10.1. The Hall–Kier alpha value is -3.76. The van der Waals surface area contributed by atoms with Crippen molar-refractivity contribution in [2.75, 3.05) is 4.90 Å². The number of halogens is 1. The zero-order chi connectivity index (χ0) is 21.8. The van der Waals surface area contributed by atoms with E-state index in [2.05, 4.69) is 69.4 Å². The molecular weight excluding hydrogens is 458 g/mol. The number of hydrogen-bond acceptors (Lipinski definition) is 3. The molecule has 32 heavy (non-hydrogen) atoms. The lowest BCUT2D eigenvalue weighted by Crippen LogP contribution is -2.14.